The SMILES string of the molecule is CC(=O)c1ccc(OCC(=O)c2cc(Br)sc2Br)cc1. The first-order valence-corrected chi connectivity index (χ1v) is 8.09. The van der Waals surface area contributed by atoms with Gasteiger partial charge in [-0.25, -0.2) is 0 Å². The van der Waals surface area contributed by atoms with Gasteiger partial charge in [0.2, 0.25) is 5.78 Å². The second kappa shape index (κ2) is 6.65. The van der Waals surface area contributed by atoms with E-state index >= 15 is 0 Å². The molecule has 1 aromatic heterocycles. The zero-order valence-electron chi connectivity index (χ0n) is 10.5. The van der Waals surface area contributed by atoms with E-state index < -0.39 is 0 Å². The molecular formula is C14H10Br2O3S. The molecule has 3 nitrogen and oxygen atoms in total. The summed E-state index contributed by atoms with van der Waals surface area (Å²) >= 11 is 8.12. The lowest BCUT2D eigenvalue weighted by molar-refractivity contribution is 0.0920. The monoisotopic (exact) mass is 416 g/mol. The number of carbonyl (C=O) groups excluding carboxylic acids is 2. The summed E-state index contributed by atoms with van der Waals surface area (Å²) in [6, 6.07) is 8.49. The van der Waals surface area contributed by atoms with Gasteiger partial charge >= 0.3 is 0 Å². The highest BCUT2D eigenvalue weighted by atomic mass is 79.9. The molecule has 0 spiro atoms. The fourth-order valence-corrected chi connectivity index (χ4v) is 4.40. The maximum atomic E-state index is 12.0. The maximum Gasteiger partial charge on any atom is 0.202 e. The number of hydrogen-bond donors (Lipinski definition) is 0. The summed E-state index contributed by atoms with van der Waals surface area (Å²) in [4.78, 5) is 23.1. The Labute approximate surface area is 137 Å². The topological polar surface area (TPSA) is 43.4 Å². The number of hydrogen-bond acceptors (Lipinski definition) is 4. The molecule has 0 bridgehead atoms. The largest absolute Gasteiger partial charge is 0.485 e. The van der Waals surface area contributed by atoms with Crippen molar-refractivity contribution in [3.63, 3.8) is 0 Å². The second-order valence-electron chi connectivity index (χ2n) is 4.03. The zero-order chi connectivity index (χ0) is 14.7. The molecule has 0 aliphatic carbocycles. The fraction of sp³-hybridized carbons (Fsp3) is 0.143. The van der Waals surface area contributed by atoms with E-state index in [0.717, 1.165) is 7.57 Å². The van der Waals surface area contributed by atoms with Gasteiger partial charge < -0.3 is 4.74 Å². The number of benzene rings is 1. The van der Waals surface area contributed by atoms with E-state index in [1.165, 1.54) is 18.3 Å². The third-order valence-electron chi connectivity index (χ3n) is 2.59. The van der Waals surface area contributed by atoms with Crippen molar-refractivity contribution in [2.75, 3.05) is 6.61 Å². The molecule has 0 unspecified atom stereocenters. The van der Waals surface area contributed by atoms with Crippen molar-refractivity contribution >= 4 is 54.8 Å². The van der Waals surface area contributed by atoms with Crippen LogP contribution in [-0.4, -0.2) is 18.2 Å². The van der Waals surface area contributed by atoms with Crippen molar-refractivity contribution in [2.45, 2.75) is 6.92 Å². The molecule has 0 N–H and O–H groups in total. The van der Waals surface area contributed by atoms with Crippen LogP contribution in [0, 0.1) is 0 Å². The van der Waals surface area contributed by atoms with Crippen LogP contribution in [0.3, 0.4) is 0 Å². The number of rotatable bonds is 5. The number of Topliss-reactive ketones (excluding diaryl/α,β-unsaturated/α-hetero) is 2. The average molecular weight is 418 g/mol. The molecule has 1 heterocycles. The van der Waals surface area contributed by atoms with Crippen molar-refractivity contribution in [1.29, 1.82) is 0 Å². The van der Waals surface area contributed by atoms with Crippen LogP contribution in [0.2, 0.25) is 0 Å². The lowest BCUT2D eigenvalue weighted by atomic mass is 10.1. The highest BCUT2D eigenvalue weighted by molar-refractivity contribution is 9.12. The second-order valence-corrected chi connectivity index (χ2v) is 7.78. The average Bonchev–Trinajstić information content (AvgIpc) is 2.75. The lowest BCUT2D eigenvalue weighted by Gasteiger charge is -2.05. The summed E-state index contributed by atoms with van der Waals surface area (Å²) in [5.74, 6) is 0.461. The van der Waals surface area contributed by atoms with Gasteiger partial charge in [0.15, 0.2) is 12.4 Å². The summed E-state index contributed by atoms with van der Waals surface area (Å²) in [5, 5.41) is 0. The predicted octanol–water partition coefficient (Wildman–Crippen LogP) is 4.74. The summed E-state index contributed by atoms with van der Waals surface area (Å²) < 4.78 is 7.10. The Kier molecular flexibility index (Phi) is 5.12. The van der Waals surface area contributed by atoms with E-state index in [-0.39, 0.29) is 18.2 Å². The Hall–Kier alpha value is -0.980. The van der Waals surface area contributed by atoms with Crippen LogP contribution in [-0.2, 0) is 0 Å². The van der Waals surface area contributed by atoms with Gasteiger partial charge in [-0.2, -0.15) is 0 Å². The van der Waals surface area contributed by atoms with Gasteiger partial charge in [0.05, 0.1) is 7.57 Å². The normalized spacial score (nSPS) is 10.3. The molecule has 104 valence electrons. The van der Waals surface area contributed by atoms with Crippen LogP contribution in [0.5, 0.6) is 5.75 Å². The highest BCUT2D eigenvalue weighted by Crippen LogP contribution is 2.32. The van der Waals surface area contributed by atoms with Crippen molar-refractivity contribution in [2.24, 2.45) is 0 Å². The van der Waals surface area contributed by atoms with Crippen LogP contribution < -0.4 is 4.74 Å². The summed E-state index contributed by atoms with van der Waals surface area (Å²) in [5.41, 5.74) is 1.22. The third kappa shape index (κ3) is 3.77. The van der Waals surface area contributed by atoms with E-state index in [9.17, 15) is 9.59 Å². The van der Waals surface area contributed by atoms with Gasteiger partial charge in [0.25, 0.3) is 0 Å². The molecule has 0 saturated carbocycles. The molecule has 2 rings (SSSR count). The van der Waals surface area contributed by atoms with Gasteiger partial charge in [-0.1, -0.05) is 0 Å². The van der Waals surface area contributed by atoms with Gasteiger partial charge in [0, 0.05) is 11.1 Å². The molecule has 20 heavy (non-hydrogen) atoms. The highest BCUT2D eigenvalue weighted by Gasteiger charge is 2.14. The number of thiophene rings is 1. The Morgan fingerprint density at radius 3 is 2.35 bits per heavy atom. The van der Waals surface area contributed by atoms with Crippen LogP contribution in [0.15, 0.2) is 37.9 Å². The van der Waals surface area contributed by atoms with Crippen LogP contribution >= 0.6 is 43.2 Å². The van der Waals surface area contributed by atoms with Crippen LogP contribution in [0.4, 0.5) is 0 Å². The van der Waals surface area contributed by atoms with Crippen molar-refractivity contribution in [1.82, 2.24) is 0 Å². The molecule has 0 aliphatic rings. The molecule has 0 atom stereocenters. The molecule has 0 saturated heterocycles. The molecular weight excluding hydrogens is 408 g/mol. The summed E-state index contributed by atoms with van der Waals surface area (Å²) in [6.07, 6.45) is 0. The minimum absolute atomic E-state index is 0.000296. The number of halogens is 2. The van der Waals surface area contributed by atoms with Crippen molar-refractivity contribution in [3.05, 3.63) is 49.0 Å². The molecule has 0 amide bonds. The lowest BCUT2D eigenvalue weighted by Crippen LogP contribution is -2.11. The van der Waals surface area contributed by atoms with E-state index in [4.69, 9.17) is 4.74 Å². The Balaban J connectivity index is 2.00. The smallest absolute Gasteiger partial charge is 0.202 e. The van der Waals surface area contributed by atoms with E-state index in [0.29, 0.717) is 16.9 Å². The molecule has 2 aromatic rings. The van der Waals surface area contributed by atoms with Crippen LogP contribution in [0.1, 0.15) is 27.6 Å². The molecule has 0 fully saturated rings. The van der Waals surface area contributed by atoms with Gasteiger partial charge in [-0.05, 0) is 69.1 Å². The molecule has 6 heteroatoms. The van der Waals surface area contributed by atoms with Crippen molar-refractivity contribution in [3.8, 4) is 5.75 Å². The first-order valence-electron chi connectivity index (χ1n) is 5.69. The van der Waals surface area contributed by atoms with Crippen molar-refractivity contribution < 1.29 is 14.3 Å². The number of carbonyl (C=O) groups is 2. The quantitative estimate of drug-likeness (QED) is 0.660. The Morgan fingerprint density at radius 2 is 1.85 bits per heavy atom. The number of ether oxygens (including phenoxy) is 1. The summed E-state index contributed by atoms with van der Waals surface area (Å²) in [7, 11) is 0. The fourth-order valence-electron chi connectivity index (χ4n) is 1.54. The van der Waals surface area contributed by atoms with Gasteiger partial charge in [0.1, 0.15) is 5.75 Å². The minimum Gasteiger partial charge on any atom is -0.485 e. The van der Waals surface area contributed by atoms with Gasteiger partial charge in [-0.15, -0.1) is 11.3 Å². The molecule has 0 radical (unpaired) electrons. The Morgan fingerprint density at radius 1 is 1.20 bits per heavy atom. The van der Waals surface area contributed by atoms with Gasteiger partial charge in [-0.3, -0.25) is 9.59 Å². The first kappa shape index (κ1) is 15.4. The minimum atomic E-state index is -0.102. The van der Waals surface area contributed by atoms with E-state index in [1.807, 2.05) is 0 Å². The Bertz CT molecular complexity index is 647. The van der Waals surface area contributed by atoms with E-state index in [2.05, 4.69) is 31.9 Å². The molecule has 0 aliphatic heterocycles. The number of ketones is 2. The predicted molar refractivity (Wildman–Crippen MR) is 86.0 cm³/mol. The molecule has 1 aromatic carbocycles. The summed E-state index contributed by atoms with van der Waals surface area (Å²) in [6.45, 7) is 1.46. The van der Waals surface area contributed by atoms with E-state index in [1.54, 1.807) is 30.3 Å². The standard InChI is InChI=1S/C14H10Br2O3S/c1-8(17)9-2-4-10(5-3-9)19-7-12(18)11-6-13(15)20-14(11)16/h2-6H,7H2,1H3. The first-order chi connectivity index (χ1) is 9.47. The maximum absolute atomic E-state index is 12.0. The zero-order valence-corrected chi connectivity index (χ0v) is 14.5. The van der Waals surface area contributed by atoms with Crippen LogP contribution in [0.25, 0.3) is 0 Å². The third-order valence-corrected chi connectivity index (χ3v) is 4.93.